The van der Waals surface area contributed by atoms with Crippen molar-refractivity contribution < 1.29 is 4.79 Å². The average Bonchev–Trinajstić information content (AvgIpc) is 2.56. The van der Waals surface area contributed by atoms with E-state index in [1.54, 1.807) is 6.92 Å². The van der Waals surface area contributed by atoms with Gasteiger partial charge < -0.3 is 9.88 Å². The summed E-state index contributed by atoms with van der Waals surface area (Å²) in [4.78, 5) is 11.2. The molecule has 0 aliphatic carbocycles. The van der Waals surface area contributed by atoms with Crippen LogP contribution in [0.3, 0.4) is 0 Å². The summed E-state index contributed by atoms with van der Waals surface area (Å²) in [5.41, 5.74) is 0. The molecule has 0 radical (unpaired) electrons. The van der Waals surface area contributed by atoms with E-state index in [1.165, 1.54) is 12.8 Å². The van der Waals surface area contributed by atoms with Crippen molar-refractivity contribution in [3.63, 3.8) is 0 Å². The van der Waals surface area contributed by atoms with Gasteiger partial charge in [-0.15, -0.1) is 10.2 Å². The van der Waals surface area contributed by atoms with E-state index in [9.17, 15) is 4.79 Å². The van der Waals surface area contributed by atoms with Crippen LogP contribution in [0.4, 0.5) is 0 Å². The Morgan fingerprint density at radius 2 is 2.29 bits per heavy atom. The molecule has 0 fully saturated rings. The van der Waals surface area contributed by atoms with Crippen molar-refractivity contribution in [2.45, 2.75) is 45.7 Å². The summed E-state index contributed by atoms with van der Waals surface area (Å²) in [6.07, 6.45) is 4.54. The number of hydrogen-bond acceptors (Lipinski definition) is 3. The van der Waals surface area contributed by atoms with E-state index in [0.717, 1.165) is 31.0 Å². The lowest BCUT2D eigenvalue weighted by Gasteiger charge is -2.06. The normalized spacial score (nSPS) is 14.2. The molecule has 0 saturated carbocycles. The van der Waals surface area contributed by atoms with Crippen LogP contribution in [0.1, 0.15) is 37.8 Å². The molecule has 2 heterocycles. The Labute approximate surface area is 101 Å². The minimum atomic E-state index is -0.265. The molecular weight excluding hydrogens is 216 g/mol. The highest BCUT2D eigenvalue weighted by atomic mass is 16.1. The average molecular weight is 232 g/mol. The van der Waals surface area contributed by atoms with Gasteiger partial charge in [0.15, 0.2) is 5.82 Å². The maximum Gasteiger partial charge on any atom is 0.296 e. The molecule has 0 spiro atoms. The van der Waals surface area contributed by atoms with Gasteiger partial charge >= 0.3 is 0 Å². The molecule has 1 N–H and O–H groups in total. The molecule has 5 heteroatoms. The van der Waals surface area contributed by atoms with Crippen LogP contribution in [-0.4, -0.2) is 20.7 Å². The van der Waals surface area contributed by atoms with E-state index in [-0.39, 0.29) is 5.91 Å². The number of aromatic nitrogens is 3. The van der Waals surface area contributed by atoms with Gasteiger partial charge in [0, 0.05) is 13.0 Å². The first-order valence-corrected chi connectivity index (χ1v) is 5.93. The van der Waals surface area contributed by atoms with E-state index in [1.807, 2.05) is 0 Å². The van der Waals surface area contributed by atoms with E-state index in [2.05, 4.69) is 31.9 Å². The lowest BCUT2D eigenvalue weighted by Crippen LogP contribution is -2.23. The fraction of sp³-hybridized carbons (Fsp3) is 0.583. The van der Waals surface area contributed by atoms with Crippen LogP contribution in [0.15, 0.2) is 0 Å². The van der Waals surface area contributed by atoms with E-state index < -0.39 is 0 Å². The molecule has 1 aliphatic rings. The lowest BCUT2D eigenvalue weighted by molar-refractivity contribution is -0.115. The second kappa shape index (κ2) is 5.48. The zero-order valence-corrected chi connectivity index (χ0v) is 9.99. The third-order valence-electron chi connectivity index (χ3n) is 2.83. The van der Waals surface area contributed by atoms with Gasteiger partial charge in [-0.1, -0.05) is 12.3 Å². The first kappa shape index (κ1) is 11.6. The molecular formula is C12H16N4O. The Balaban J connectivity index is 2.03. The van der Waals surface area contributed by atoms with Gasteiger partial charge in [-0.3, -0.25) is 4.79 Å². The molecule has 1 amide bonds. The predicted octanol–water partition coefficient (Wildman–Crippen LogP) is 0.644. The van der Waals surface area contributed by atoms with Crippen molar-refractivity contribution in [3.05, 3.63) is 11.6 Å². The quantitative estimate of drug-likeness (QED) is 0.761. The number of amides is 1. The molecule has 0 atom stereocenters. The summed E-state index contributed by atoms with van der Waals surface area (Å²) in [6.45, 7) is 3.00. The molecule has 1 aromatic rings. The fourth-order valence-electron chi connectivity index (χ4n) is 1.99. The third kappa shape index (κ3) is 2.84. The molecule has 0 unspecified atom stereocenters. The molecule has 2 rings (SSSR count). The van der Waals surface area contributed by atoms with Gasteiger partial charge in [-0.25, -0.2) is 0 Å². The highest BCUT2D eigenvalue weighted by Crippen LogP contribution is 2.14. The Bertz CT molecular complexity index is 467. The topological polar surface area (TPSA) is 59.8 Å². The van der Waals surface area contributed by atoms with Crippen LogP contribution in [0.2, 0.25) is 0 Å². The number of rotatable bonds is 2. The Morgan fingerprint density at radius 3 is 3.12 bits per heavy atom. The summed E-state index contributed by atoms with van der Waals surface area (Å²) in [6, 6.07) is 0. The number of fused-ring (bicyclic) bond motifs is 1. The Morgan fingerprint density at radius 1 is 1.41 bits per heavy atom. The molecule has 90 valence electrons. The maximum absolute atomic E-state index is 11.2. The van der Waals surface area contributed by atoms with Crippen LogP contribution >= 0.6 is 0 Å². The van der Waals surface area contributed by atoms with Crippen molar-refractivity contribution in [3.8, 4) is 11.8 Å². The van der Waals surface area contributed by atoms with Crippen molar-refractivity contribution in [2.24, 2.45) is 0 Å². The largest absolute Gasteiger partial charge is 0.338 e. The van der Waals surface area contributed by atoms with Gasteiger partial charge in [-0.2, -0.15) is 0 Å². The zero-order valence-electron chi connectivity index (χ0n) is 9.99. The van der Waals surface area contributed by atoms with Gasteiger partial charge in [0.05, 0.1) is 6.54 Å². The Hall–Kier alpha value is -1.83. The second-order valence-corrected chi connectivity index (χ2v) is 4.05. The summed E-state index contributed by atoms with van der Waals surface area (Å²) in [5.74, 6) is 6.61. The highest BCUT2D eigenvalue weighted by molar-refractivity contribution is 5.93. The monoisotopic (exact) mass is 232 g/mol. The molecule has 0 saturated heterocycles. The second-order valence-electron chi connectivity index (χ2n) is 4.05. The summed E-state index contributed by atoms with van der Waals surface area (Å²) < 4.78 is 2.12. The van der Waals surface area contributed by atoms with Crippen LogP contribution in [-0.2, 0) is 24.3 Å². The van der Waals surface area contributed by atoms with Gasteiger partial charge in [-0.05, 0) is 25.7 Å². The SMILES string of the molecule is CC#CC(=O)NCc1nnc2n1CCCCC2. The number of carbonyl (C=O) groups excluding carboxylic acids is 1. The minimum absolute atomic E-state index is 0.265. The molecule has 0 aromatic carbocycles. The van der Waals surface area contributed by atoms with E-state index in [0.29, 0.717) is 6.54 Å². The van der Waals surface area contributed by atoms with Gasteiger partial charge in [0.2, 0.25) is 0 Å². The molecule has 17 heavy (non-hydrogen) atoms. The summed E-state index contributed by atoms with van der Waals surface area (Å²) >= 11 is 0. The molecule has 1 aromatic heterocycles. The van der Waals surface area contributed by atoms with Crippen LogP contribution in [0.25, 0.3) is 0 Å². The van der Waals surface area contributed by atoms with Gasteiger partial charge in [0.25, 0.3) is 5.91 Å². The number of hydrogen-bond donors (Lipinski definition) is 1. The van der Waals surface area contributed by atoms with E-state index in [4.69, 9.17) is 0 Å². The van der Waals surface area contributed by atoms with Crippen LogP contribution < -0.4 is 5.32 Å². The number of aryl methyl sites for hydroxylation is 1. The van der Waals surface area contributed by atoms with Crippen molar-refractivity contribution >= 4 is 5.91 Å². The standard InChI is InChI=1S/C12H16N4O/c1-2-6-12(17)13-9-11-15-14-10-7-4-3-5-8-16(10)11/h3-5,7-9H2,1H3,(H,13,17). The smallest absolute Gasteiger partial charge is 0.296 e. The van der Waals surface area contributed by atoms with Crippen LogP contribution in [0, 0.1) is 11.8 Å². The van der Waals surface area contributed by atoms with Crippen molar-refractivity contribution in [2.75, 3.05) is 0 Å². The summed E-state index contributed by atoms with van der Waals surface area (Å²) in [5, 5.41) is 11.0. The van der Waals surface area contributed by atoms with Gasteiger partial charge in [0.1, 0.15) is 5.82 Å². The first-order valence-electron chi connectivity index (χ1n) is 5.93. The maximum atomic E-state index is 11.2. The van der Waals surface area contributed by atoms with Crippen LogP contribution in [0.5, 0.6) is 0 Å². The lowest BCUT2D eigenvalue weighted by atomic mass is 10.2. The number of nitrogens with one attached hydrogen (secondary N) is 1. The fourth-order valence-corrected chi connectivity index (χ4v) is 1.99. The molecule has 0 bridgehead atoms. The first-order chi connectivity index (χ1) is 8.31. The molecule has 1 aliphatic heterocycles. The molecule has 5 nitrogen and oxygen atoms in total. The number of carbonyl (C=O) groups is 1. The summed E-state index contributed by atoms with van der Waals surface area (Å²) in [7, 11) is 0. The minimum Gasteiger partial charge on any atom is -0.338 e. The van der Waals surface area contributed by atoms with Crippen molar-refractivity contribution in [1.29, 1.82) is 0 Å². The Kier molecular flexibility index (Phi) is 3.76. The number of nitrogens with zero attached hydrogens (tertiary/aromatic N) is 3. The third-order valence-corrected chi connectivity index (χ3v) is 2.83. The van der Waals surface area contributed by atoms with Crippen molar-refractivity contribution in [1.82, 2.24) is 20.1 Å². The predicted molar refractivity (Wildman–Crippen MR) is 62.9 cm³/mol. The highest BCUT2D eigenvalue weighted by Gasteiger charge is 2.14. The zero-order chi connectivity index (χ0) is 12.1. The van der Waals surface area contributed by atoms with E-state index >= 15 is 0 Å².